The van der Waals surface area contributed by atoms with Gasteiger partial charge in [0.2, 0.25) is 11.8 Å². The molecule has 4 aromatic carbocycles. The van der Waals surface area contributed by atoms with Gasteiger partial charge in [0.05, 0.1) is 27.2 Å². The van der Waals surface area contributed by atoms with Gasteiger partial charge in [-0.3, -0.25) is 13.9 Å². The van der Waals surface area contributed by atoms with Crippen LogP contribution in [0.2, 0.25) is 15.1 Å². The van der Waals surface area contributed by atoms with Crippen LogP contribution in [-0.2, 0) is 32.6 Å². The molecular formula is C36H38Cl3N3O5S. The number of ether oxygens (including phenoxy) is 1. The maximum absolute atomic E-state index is 14.6. The first-order valence-electron chi connectivity index (χ1n) is 15.6. The lowest BCUT2D eigenvalue weighted by molar-refractivity contribution is -0.140. The maximum Gasteiger partial charge on any atom is 0.264 e. The van der Waals surface area contributed by atoms with Gasteiger partial charge in [-0.1, -0.05) is 84.5 Å². The third kappa shape index (κ3) is 9.89. The molecule has 254 valence electrons. The van der Waals surface area contributed by atoms with E-state index in [1.165, 1.54) is 29.2 Å². The van der Waals surface area contributed by atoms with Crippen LogP contribution in [0.25, 0.3) is 0 Å². The topological polar surface area (TPSA) is 96.0 Å². The number of hydrogen-bond donors (Lipinski definition) is 1. The van der Waals surface area contributed by atoms with Crippen molar-refractivity contribution in [3.63, 3.8) is 0 Å². The van der Waals surface area contributed by atoms with Crippen LogP contribution in [-0.4, -0.2) is 50.9 Å². The molecule has 0 heterocycles. The number of anilines is 1. The summed E-state index contributed by atoms with van der Waals surface area (Å²) in [7, 11) is -4.28. The Morgan fingerprint density at radius 1 is 0.833 bits per heavy atom. The fourth-order valence-electron chi connectivity index (χ4n) is 5.03. The molecule has 0 aromatic heterocycles. The molecule has 0 aliphatic heterocycles. The molecule has 0 aliphatic carbocycles. The van der Waals surface area contributed by atoms with E-state index in [1.807, 2.05) is 44.2 Å². The van der Waals surface area contributed by atoms with Gasteiger partial charge in [-0.25, -0.2) is 8.42 Å². The van der Waals surface area contributed by atoms with Crippen LogP contribution in [0, 0.1) is 0 Å². The van der Waals surface area contributed by atoms with Crippen molar-refractivity contribution in [2.24, 2.45) is 0 Å². The molecule has 0 unspecified atom stereocenters. The van der Waals surface area contributed by atoms with E-state index in [-0.39, 0.29) is 34.5 Å². The molecule has 48 heavy (non-hydrogen) atoms. The fourth-order valence-corrected chi connectivity index (χ4v) is 6.89. The number of rotatable bonds is 16. The summed E-state index contributed by atoms with van der Waals surface area (Å²) in [5.74, 6) is -0.405. The number of amides is 2. The number of hydrogen-bond acceptors (Lipinski definition) is 5. The summed E-state index contributed by atoms with van der Waals surface area (Å²) in [6.07, 6.45) is 1.82. The Balaban J connectivity index is 1.80. The lowest BCUT2D eigenvalue weighted by Gasteiger charge is -2.34. The summed E-state index contributed by atoms with van der Waals surface area (Å²) < 4.78 is 35.0. The first kappa shape index (κ1) is 37.1. The van der Waals surface area contributed by atoms with Crippen LogP contribution in [0.4, 0.5) is 5.69 Å². The van der Waals surface area contributed by atoms with E-state index >= 15 is 0 Å². The van der Waals surface area contributed by atoms with Crippen LogP contribution in [0.5, 0.6) is 5.75 Å². The minimum atomic E-state index is -4.28. The zero-order chi connectivity index (χ0) is 34.7. The zero-order valence-corrected chi connectivity index (χ0v) is 29.8. The second kappa shape index (κ2) is 17.6. The van der Waals surface area contributed by atoms with Crippen LogP contribution in [0.1, 0.15) is 37.8 Å². The average Bonchev–Trinajstić information content (AvgIpc) is 3.08. The first-order valence-corrected chi connectivity index (χ1v) is 18.2. The van der Waals surface area contributed by atoms with E-state index in [4.69, 9.17) is 39.5 Å². The molecule has 0 bridgehead atoms. The van der Waals surface area contributed by atoms with Gasteiger partial charge in [0.15, 0.2) is 0 Å². The largest absolute Gasteiger partial charge is 0.494 e. The number of halogens is 3. The van der Waals surface area contributed by atoms with Crippen molar-refractivity contribution in [3.8, 4) is 5.75 Å². The van der Waals surface area contributed by atoms with E-state index in [1.54, 1.807) is 42.5 Å². The van der Waals surface area contributed by atoms with Crippen molar-refractivity contribution in [2.45, 2.75) is 50.6 Å². The molecule has 1 atom stereocenters. The molecule has 0 saturated carbocycles. The number of sulfonamides is 1. The van der Waals surface area contributed by atoms with Gasteiger partial charge in [-0.2, -0.15) is 0 Å². The second-order valence-electron chi connectivity index (χ2n) is 11.0. The lowest BCUT2D eigenvalue weighted by Crippen LogP contribution is -2.53. The predicted molar refractivity (Wildman–Crippen MR) is 192 cm³/mol. The van der Waals surface area contributed by atoms with Gasteiger partial charge in [0.25, 0.3) is 10.0 Å². The van der Waals surface area contributed by atoms with Crippen molar-refractivity contribution in [2.75, 3.05) is 24.0 Å². The number of unbranched alkanes of at least 4 members (excludes halogenated alkanes) is 1. The Morgan fingerprint density at radius 3 is 2.15 bits per heavy atom. The van der Waals surface area contributed by atoms with Gasteiger partial charge < -0.3 is 15.0 Å². The van der Waals surface area contributed by atoms with Crippen LogP contribution >= 0.6 is 34.8 Å². The highest BCUT2D eigenvalue weighted by atomic mass is 35.5. The van der Waals surface area contributed by atoms with E-state index in [0.717, 1.165) is 22.7 Å². The summed E-state index contributed by atoms with van der Waals surface area (Å²) >= 11 is 18.6. The molecule has 1 N–H and O–H groups in total. The summed E-state index contributed by atoms with van der Waals surface area (Å²) in [6.45, 7) is 4.08. The Kier molecular flexibility index (Phi) is 13.6. The first-order chi connectivity index (χ1) is 23.0. The van der Waals surface area contributed by atoms with Crippen LogP contribution in [0.15, 0.2) is 102 Å². The lowest BCUT2D eigenvalue weighted by atomic mass is 10.0. The SMILES string of the molecule is CCCCNC(=O)[C@H](Cc1ccccc1)N(Cc1ccc(Cl)c(Cl)c1)C(=O)CN(c1ccc(OCC)cc1)S(=O)(=O)c1ccc(Cl)cc1. The number of benzene rings is 4. The maximum atomic E-state index is 14.6. The second-order valence-corrected chi connectivity index (χ2v) is 14.1. The highest BCUT2D eigenvalue weighted by molar-refractivity contribution is 7.92. The van der Waals surface area contributed by atoms with Crippen molar-refractivity contribution >= 4 is 62.3 Å². The summed E-state index contributed by atoms with van der Waals surface area (Å²) in [5.41, 5.74) is 1.69. The number of carbonyl (C=O) groups is 2. The molecular weight excluding hydrogens is 693 g/mol. The molecule has 2 amide bonds. The minimum Gasteiger partial charge on any atom is -0.494 e. The summed E-state index contributed by atoms with van der Waals surface area (Å²) in [4.78, 5) is 29.8. The average molecular weight is 731 g/mol. The van der Waals surface area contributed by atoms with Gasteiger partial charge in [0.1, 0.15) is 18.3 Å². The van der Waals surface area contributed by atoms with Crippen molar-refractivity contribution < 1.29 is 22.7 Å². The van der Waals surface area contributed by atoms with Crippen molar-refractivity contribution in [1.82, 2.24) is 10.2 Å². The molecule has 4 aromatic rings. The van der Waals surface area contributed by atoms with Crippen molar-refractivity contribution in [1.29, 1.82) is 0 Å². The Bertz CT molecular complexity index is 1770. The summed E-state index contributed by atoms with van der Waals surface area (Å²) in [6, 6.07) is 25.5. The smallest absolute Gasteiger partial charge is 0.264 e. The van der Waals surface area contributed by atoms with Crippen LogP contribution < -0.4 is 14.4 Å². The van der Waals surface area contributed by atoms with Gasteiger partial charge in [-0.05, 0) is 85.1 Å². The Morgan fingerprint density at radius 2 is 1.52 bits per heavy atom. The molecule has 0 radical (unpaired) electrons. The number of carbonyl (C=O) groups excluding carboxylic acids is 2. The Labute approximate surface area is 297 Å². The monoisotopic (exact) mass is 729 g/mol. The highest BCUT2D eigenvalue weighted by Crippen LogP contribution is 2.29. The standard InChI is InChI=1S/C36H38Cl3N3O5S/c1-3-5-21-40-36(44)34(23-26-9-7-6-8-10-26)41(24-27-11-20-32(38)33(39)22-27)35(43)25-42(29-14-16-30(17-15-29)47-4-2)48(45,46)31-18-12-28(37)13-19-31/h6-20,22,34H,3-5,21,23-25H2,1-2H3,(H,40,44)/t34-/m0/s1. The minimum absolute atomic E-state index is 0.0352. The van der Waals surface area contributed by atoms with Crippen molar-refractivity contribution in [3.05, 3.63) is 123 Å². The number of nitrogens with zero attached hydrogens (tertiary/aromatic N) is 2. The van der Waals surface area contributed by atoms with E-state index in [9.17, 15) is 18.0 Å². The number of nitrogens with one attached hydrogen (secondary N) is 1. The molecule has 0 saturated heterocycles. The van der Waals surface area contributed by atoms with Gasteiger partial charge in [-0.15, -0.1) is 0 Å². The molecule has 0 aliphatic rings. The van der Waals surface area contributed by atoms with E-state index in [0.29, 0.717) is 34.5 Å². The third-order valence-corrected chi connectivity index (χ3v) is 10.3. The molecule has 8 nitrogen and oxygen atoms in total. The van der Waals surface area contributed by atoms with E-state index < -0.39 is 28.5 Å². The molecule has 12 heteroatoms. The highest BCUT2D eigenvalue weighted by Gasteiger charge is 2.34. The molecule has 0 fully saturated rings. The third-order valence-electron chi connectivity index (χ3n) is 7.55. The predicted octanol–water partition coefficient (Wildman–Crippen LogP) is 7.80. The van der Waals surface area contributed by atoms with Gasteiger partial charge in [0, 0.05) is 24.5 Å². The molecule has 4 rings (SSSR count). The van der Waals surface area contributed by atoms with Crippen LogP contribution in [0.3, 0.4) is 0 Å². The normalized spacial score (nSPS) is 11.9. The molecule has 0 spiro atoms. The Hall–Kier alpha value is -3.76. The zero-order valence-electron chi connectivity index (χ0n) is 26.7. The van der Waals surface area contributed by atoms with Gasteiger partial charge >= 0.3 is 0 Å². The van der Waals surface area contributed by atoms with E-state index in [2.05, 4.69) is 5.32 Å². The quantitative estimate of drug-likeness (QED) is 0.119. The summed E-state index contributed by atoms with van der Waals surface area (Å²) in [5, 5.41) is 3.96. The fraction of sp³-hybridized carbons (Fsp3) is 0.278.